The number of nitrogens with zero attached hydrogens (tertiary/aromatic N) is 1. The Morgan fingerprint density at radius 2 is 2.11 bits per heavy atom. The van der Waals surface area contributed by atoms with Gasteiger partial charge in [0.15, 0.2) is 0 Å². The van der Waals surface area contributed by atoms with Crippen LogP contribution in [0.5, 0.6) is 0 Å². The molecule has 2 aromatic heterocycles. The molecule has 0 aromatic carbocycles. The van der Waals surface area contributed by atoms with Gasteiger partial charge in [0.2, 0.25) is 5.71 Å². The van der Waals surface area contributed by atoms with Gasteiger partial charge in [0, 0.05) is 12.1 Å². The number of aryl methyl sites for hydroxylation is 1. The first kappa shape index (κ1) is 11.0. The maximum absolute atomic E-state index is 12.3. The highest BCUT2D eigenvalue weighted by Crippen LogP contribution is 2.32. The van der Waals surface area contributed by atoms with Crippen molar-refractivity contribution in [2.75, 3.05) is 0 Å². The molecule has 18 heavy (non-hydrogen) atoms. The molecule has 2 aromatic rings. The molecule has 1 aliphatic rings. The fraction of sp³-hybridized carbons (Fsp3) is 0.417. The largest absolute Gasteiger partial charge is 0.405 e. The predicted molar refractivity (Wildman–Crippen MR) is 65.0 cm³/mol. The van der Waals surface area contributed by atoms with Gasteiger partial charge in [-0.05, 0) is 24.8 Å². The van der Waals surface area contributed by atoms with Crippen molar-refractivity contribution in [1.29, 1.82) is 0 Å². The maximum atomic E-state index is 12.3. The number of hydrogen-bond acceptors (Lipinski definition) is 4. The van der Waals surface area contributed by atoms with Crippen LogP contribution in [0, 0.1) is 0 Å². The molecule has 1 fully saturated rings. The molecule has 0 radical (unpaired) electrons. The number of aromatic nitrogens is 2. The molecule has 0 unspecified atom stereocenters. The minimum atomic E-state index is -0.557. The van der Waals surface area contributed by atoms with Gasteiger partial charge in [0.1, 0.15) is 5.39 Å². The van der Waals surface area contributed by atoms with Crippen LogP contribution < -0.4 is 16.9 Å². The van der Waals surface area contributed by atoms with Crippen molar-refractivity contribution in [2.45, 2.75) is 32.2 Å². The molecule has 0 atom stereocenters. The number of H-pyrrole nitrogens is 1. The van der Waals surface area contributed by atoms with Gasteiger partial charge in [-0.2, -0.15) is 0 Å². The second-order valence-corrected chi connectivity index (χ2v) is 4.48. The van der Waals surface area contributed by atoms with E-state index >= 15 is 0 Å². The fourth-order valence-electron chi connectivity index (χ4n) is 2.18. The zero-order chi connectivity index (χ0) is 12.9. The zero-order valence-corrected chi connectivity index (χ0v) is 9.86. The van der Waals surface area contributed by atoms with E-state index < -0.39 is 11.3 Å². The van der Waals surface area contributed by atoms with Crippen LogP contribution in [0.2, 0.25) is 0 Å². The van der Waals surface area contributed by atoms with Crippen LogP contribution in [0.1, 0.15) is 31.4 Å². The third kappa shape index (κ3) is 1.53. The van der Waals surface area contributed by atoms with Gasteiger partial charge in [-0.3, -0.25) is 14.3 Å². The summed E-state index contributed by atoms with van der Waals surface area (Å²) in [6.45, 7) is 1.85. The molecule has 6 nitrogen and oxygen atoms in total. The van der Waals surface area contributed by atoms with E-state index in [1.165, 1.54) is 10.6 Å². The molecule has 0 amide bonds. The van der Waals surface area contributed by atoms with Crippen LogP contribution in [0.25, 0.3) is 11.1 Å². The lowest BCUT2D eigenvalue weighted by Gasteiger charge is -2.06. The van der Waals surface area contributed by atoms with Gasteiger partial charge in [0.25, 0.3) is 5.56 Å². The highest BCUT2D eigenvalue weighted by Gasteiger charge is 2.28. The number of fused-ring (bicyclic) bond motifs is 1. The molecule has 1 aliphatic carbocycles. The Morgan fingerprint density at radius 1 is 1.39 bits per heavy atom. The molecular formula is C12H12N2O4. The lowest BCUT2D eigenvalue weighted by Crippen LogP contribution is -2.35. The van der Waals surface area contributed by atoms with Crippen molar-refractivity contribution in [3.05, 3.63) is 42.9 Å². The standard InChI is InChI=1S/C12H12N2O4/c1-2-6-5-8(15)18-10-9(6)11(16)14(7-3-4-7)12(17)13-10/h5,7H,2-4H2,1H3,(H,13,17). The normalized spacial score (nSPS) is 15.2. The lowest BCUT2D eigenvalue weighted by molar-refractivity contribution is 0.536. The van der Waals surface area contributed by atoms with E-state index in [0.717, 1.165) is 12.8 Å². The van der Waals surface area contributed by atoms with Crippen LogP contribution in [0.15, 0.2) is 24.9 Å². The minimum absolute atomic E-state index is 0.0118. The summed E-state index contributed by atoms with van der Waals surface area (Å²) in [6, 6.07) is 1.29. The van der Waals surface area contributed by atoms with E-state index in [1.54, 1.807) is 0 Å². The third-order valence-corrected chi connectivity index (χ3v) is 3.21. The smallest absolute Gasteiger partial charge is 0.337 e. The van der Waals surface area contributed by atoms with Crippen LogP contribution in [-0.4, -0.2) is 9.55 Å². The Labute approximate surface area is 101 Å². The van der Waals surface area contributed by atoms with Crippen LogP contribution in [-0.2, 0) is 6.42 Å². The van der Waals surface area contributed by atoms with Crippen LogP contribution >= 0.6 is 0 Å². The van der Waals surface area contributed by atoms with Crippen LogP contribution in [0.3, 0.4) is 0 Å². The SMILES string of the molecule is CCc1cc(=O)oc2[nH]c(=O)n(C3CC3)c(=O)c12. The van der Waals surface area contributed by atoms with E-state index in [1.807, 2.05) is 6.92 Å². The first-order valence-corrected chi connectivity index (χ1v) is 5.93. The van der Waals surface area contributed by atoms with Crippen LogP contribution in [0.4, 0.5) is 0 Å². The van der Waals surface area contributed by atoms with E-state index in [2.05, 4.69) is 4.98 Å². The molecule has 1 N–H and O–H groups in total. The van der Waals surface area contributed by atoms with Gasteiger partial charge in [-0.15, -0.1) is 0 Å². The number of hydrogen-bond donors (Lipinski definition) is 1. The van der Waals surface area contributed by atoms with E-state index in [4.69, 9.17) is 4.42 Å². The molecule has 1 saturated carbocycles. The molecule has 94 valence electrons. The summed E-state index contributed by atoms with van der Waals surface area (Å²) in [5.41, 5.74) is -0.843. The second-order valence-electron chi connectivity index (χ2n) is 4.48. The lowest BCUT2D eigenvalue weighted by atomic mass is 10.1. The van der Waals surface area contributed by atoms with Crippen molar-refractivity contribution in [3.8, 4) is 0 Å². The highest BCUT2D eigenvalue weighted by atomic mass is 16.4. The van der Waals surface area contributed by atoms with Crippen molar-refractivity contribution < 1.29 is 4.42 Å². The maximum Gasteiger partial charge on any atom is 0.337 e. The molecule has 0 saturated heterocycles. The molecule has 0 bridgehead atoms. The van der Waals surface area contributed by atoms with Crippen molar-refractivity contribution >= 4 is 11.1 Å². The first-order valence-electron chi connectivity index (χ1n) is 5.93. The molecule has 2 heterocycles. The number of aromatic amines is 1. The molecule has 0 aliphatic heterocycles. The average Bonchev–Trinajstić information content (AvgIpc) is 3.11. The Bertz CT molecular complexity index is 792. The predicted octanol–water partition coefficient (Wildman–Crippen LogP) is 0.540. The van der Waals surface area contributed by atoms with E-state index in [9.17, 15) is 14.4 Å². The summed E-state index contributed by atoms with van der Waals surface area (Å²) in [7, 11) is 0. The van der Waals surface area contributed by atoms with Crippen molar-refractivity contribution in [2.24, 2.45) is 0 Å². The van der Waals surface area contributed by atoms with Gasteiger partial charge in [0.05, 0.1) is 0 Å². The van der Waals surface area contributed by atoms with Gasteiger partial charge in [-0.1, -0.05) is 6.92 Å². The Hall–Kier alpha value is -2.11. The Kier molecular flexibility index (Phi) is 2.26. The molecular weight excluding hydrogens is 236 g/mol. The molecule has 0 spiro atoms. The monoisotopic (exact) mass is 248 g/mol. The summed E-state index contributed by atoms with van der Waals surface area (Å²) in [4.78, 5) is 37.9. The third-order valence-electron chi connectivity index (χ3n) is 3.21. The quantitative estimate of drug-likeness (QED) is 0.840. The summed E-state index contributed by atoms with van der Waals surface area (Å²) in [6.07, 6.45) is 2.22. The topological polar surface area (TPSA) is 85.1 Å². The van der Waals surface area contributed by atoms with Gasteiger partial charge in [-0.25, -0.2) is 9.59 Å². The van der Waals surface area contributed by atoms with E-state index in [0.29, 0.717) is 17.4 Å². The Morgan fingerprint density at radius 3 is 2.72 bits per heavy atom. The fourth-order valence-corrected chi connectivity index (χ4v) is 2.18. The van der Waals surface area contributed by atoms with E-state index in [-0.39, 0.29) is 17.3 Å². The zero-order valence-electron chi connectivity index (χ0n) is 9.86. The average molecular weight is 248 g/mol. The molecule has 6 heteroatoms. The van der Waals surface area contributed by atoms with Crippen molar-refractivity contribution in [3.63, 3.8) is 0 Å². The first-order chi connectivity index (χ1) is 8.61. The van der Waals surface area contributed by atoms with Crippen molar-refractivity contribution in [1.82, 2.24) is 9.55 Å². The Balaban J connectivity index is 2.50. The number of nitrogens with one attached hydrogen (secondary N) is 1. The summed E-state index contributed by atoms with van der Waals surface area (Å²) < 4.78 is 6.12. The molecule has 3 rings (SSSR count). The second kappa shape index (κ2) is 3.69. The summed E-state index contributed by atoms with van der Waals surface area (Å²) in [5.74, 6) is 0. The summed E-state index contributed by atoms with van der Waals surface area (Å²) in [5, 5.41) is 0.309. The number of rotatable bonds is 2. The van der Waals surface area contributed by atoms with Gasteiger partial charge >= 0.3 is 11.3 Å². The van der Waals surface area contributed by atoms with Gasteiger partial charge < -0.3 is 4.42 Å². The summed E-state index contributed by atoms with van der Waals surface area (Å²) >= 11 is 0. The highest BCUT2D eigenvalue weighted by molar-refractivity contribution is 5.75. The minimum Gasteiger partial charge on any atom is -0.405 e.